The van der Waals surface area contributed by atoms with Crippen LogP contribution in [0.1, 0.15) is 45.7 Å². The second kappa shape index (κ2) is 13.7. The number of nitrogens with one attached hydrogen (secondary N) is 1. The van der Waals surface area contributed by atoms with Crippen LogP contribution >= 0.6 is 0 Å². The van der Waals surface area contributed by atoms with Gasteiger partial charge in [-0.25, -0.2) is 0 Å². The van der Waals surface area contributed by atoms with Crippen molar-refractivity contribution in [3.8, 4) is 0 Å². The predicted octanol–water partition coefficient (Wildman–Crippen LogP) is 4.25. The first-order valence-corrected chi connectivity index (χ1v) is 12.4. The topological polar surface area (TPSA) is 68.9 Å². The van der Waals surface area contributed by atoms with Crippen molar-refractivity contribution in [2.45, 2.75) is 55.1 Å². The van der Waals surface area contributed by atoms with Gasteiger partial charge in [0.2, 0.25) is 19.0 Å². The Morgan fingerprint density at radius 1 is 1.03 bits per heavy atom. The molecule has 0 spiro atoms. The number of carbonyl (C=O) groups excluding carboxylic acids is 2. The number of amides is 2. The maximum atomic E-state index is 13.6. The summed E-state index contributed by atoms with van der Waals surface area (Å²) in [6.45, 7) is 17.2. The molecule has 0 saturated heterocycles. The van der Waals surface area contributed by atoms with Crippen LogP contribution in [0.2, 0.25) is 0 Å². The minimum absolute atomic E-state index is 0.117. The van der Waals surface area contributed by atoms with Crippen LogP contribution in [0.5, 0.6) is 0 Å². The first kappa shape index (κ1) is 28.2. The van der Waals surface area contributed by atoms with Gasteiger partial charge in [-0.2, -0.15) is 14.7 Å². The monoisotopic (exact) mass is 480 g/mol. The summed E-state index contributed by atoms with van der Waals surface area (Å²) in [6, 6.07) is 11.7. The molecule has 1 atom stereocenters. The first-order chi connectivity index (χ1) is 16.6. The maximum Gasteiger partial charge on any atom is 0.245 e. The van der Waals surface area contributed by atoms with E-state index in [4.69, 9.17) is 0 Å². The van der Waals surface area contributed by atoms with Crippen molar-refractivity contribution >= 4 is 23.7 Å². The number of aromatic nitrogens is 1. The summed E-state index contributed by atoms with van der Waals surface area (Å²) >= 11 is 0. The van der Waals surface area contributed by atoms with Crippen LogP contribution in [-0.2, 0) is 16.3 Å². The number of hydrogen-bond donors (Lipinski definition) is 1. The molecule has 1 aromatic carbocycles. The number of carbonyl (C=O) groups is 2. The minimum Gasteiger partial charge on any atom is -0.325 e. The molecule has 0 aliphatic rings. The molecule has 0 saturated carbocycles. The van der Waals surface area contributed by atoms with Gasteiger partial charge in [0.1, 0.15) is 0 Å². The molecule has 0 radical (unpaired) electrons. The number of aryl methyl sites for hydroxylation is 2. The quantitative estimate of drug-likeness (QED) is 0.202. The maximum absolute atomic E-state index is 13.6. The lowest BCUT2D eigenvalue weighted by molar-refractivity contribution is -0.712. The Bertz CT molecular complexity index is 978. The van der Waals surface area contributed by atoms with Crippen LogP contribution in [0.3, 0.4) is 0 Å². The lowest BCUT2D eigenvalue weighted by Crippen LogP contribution is -2.44. The number of pyridine rings is 1. The smallest absolute Gasteiger partial charge is 0.245 e. The van der Waals surface area contributed by atoms with Crippen molar-refractivity contribution < 1.29 is 14.2 Å². The lowest BCUT2D eigenvalue weighted by atomic mass is 10.00. The summed E-state index contributed by atoms with van der Waals surface area (Å²) in [4.78, 5) is 27.7. The molecule has 0 fully saturated rings. The van der Waals surface area contributed by atoms with E-state index in [1.165, 1.54) is 5.01 Å². The molecule has 1 aromatic heterocycles. The highest BCUT2D eigenvalue weighted by Crippen LogP contribution is 2.19. The lowest BCUT2D eigenvalue weighted by Gasteiger charge is -2.30. The third-order valence-corrected chi connectivity index (χ3v) is 5.64. The molecular weight excluding hydrogens is 438 g/mol. The van der Waals surface area contributed by atoms with Gasteiger partial charge in [0.25, 0.3) is 0 Å². The van der Waals surface area contributed by atoms with E-state index in [1.807, 2.05) is 68.1 Å². The van der Waals surface area contributed by atoms with Crippen molar-refractivity contribution in [3.63, 3.8) is 0 Å². The summed E-state index contributed by atoms with van der Waals surface area (Å²) in [5.41, 5.74) is 3.57. The van der Waals surface area contributed by atoms with Crippen molar-refractivity contribution in [1.29, 1.82) is 0 Å². The molecule has 2 amide bonds. The van der Waals surface area contributed by atoms with Gasteiger partial charge in [0, 0.05) is 43.2 Å². The van der Waals surface area contributed by atoms with Gasteiger partial charge >= 0.3 is 0 Å². The van der Waals surface area contributed by atoms with Crippen LogP contribution in [0.25, 0.3) is 0 Å². The number of anilines is 1. The van der Waals surface area contributed by atoms with Crippen LogP contribution in [0, 0.1) is 31.6 Å². The molecule has 1 heterocycles. The summed E-state index contributed by atoms with van der Waals surface area (Å²) in [7, 11) is 0. The summed E-state index contributed by atoms with van der Waals surface area (Å²) in [6.07, 6.45) is 4.44. The molecule has 2 aromatic rings. The second-order valence-electron chi connectivity index (χ2n) is 10.2. The summed E-state index contributed by atoms with van der Waals surface area (Å²) < 4.78 is 1.86. The third kappa shape index (κ3) is 9.61. The van der Waals surface area contributed by atoms with Crippen molar-refractivity contribution in [2.24, 2.45) is 22.9 Å². The van der Waals surface area contributed by atoms with E-state index in [0.717, 1.165) is 29.9 Å². The van der Waals surface area contributed by atoms with Gasteiger partial charge in [-0.1, -0.05) is 51.5 Å². The number of benzene rings is 1. The van der Waals surface area contributed by atoms with E-state index in [0.29, 0.717) is 30.5 Å². The van der Waals surface area contributed by atoms with Crippen LogP contribution in [0.15, 0.2) is 53.9 Å². The molecule has 0 aliphatic carbocycles. The Morgan fingerprint density at radius 3 is 2.20 bits per heavy atom. The largest absolute Gasteiger partial charge is 0.325 e. The predicted molar refractivity (Wildman–Crippen MR) is 142 cm³/mol. The standard InChI is InChI=1S/C28H41N5O2/c1-21(2)16-32(17-22(3)4)18-26(28(35)29-27-12-11-23(5)15-24(27)6)25(7)30-33(20-34)19-31-13-9-8-10-14-31/h8-15,20-22,26H,16-19H2,1-7H3/p+1/b30-25+/t26-/m0/s1. The first-order valence-electron chi connectivity index (χ1n) is 12.4. The van der Waals surface area contributed by atoms with Crippen LogP contribution < -0.4 is 9.88 Å². The molecule has 2 rings (SSSR count). The molecule has 0 bridgehead atoms. The number of rotatable bonds is 13. The molecule has 35 heavy (non-hydrogen) atoms. The van der Waals surface area contributed by atoms with Gasteiger partial charge in [-0.15, -0.1) is 0 Å². The number of hydrogen-bond acceptors (Lipinski definition) is 4. The van der Waals surface area contributed by atoms with Crippen LogP contribution in [0.4, 0.5) is 5.69 Å². The van der Waals surface area contributed by atoms with Gasteiger partial charge in [-0.05, 0) is 44.2 Å². The number of nitrogens with zero attached hydrogens (tertiary/aromatic N) is 4. The van der Waals surface area contributed by atoms with E-state index in [1.54, 1.807) is 0 Å². The van der Waals surface area contributed by atoms with E-state index in [-0.39, 0.29) is 12.6 Å². The van der Waals surface area contributed by atoms with E-state index < -0.39 is 5.92 Å². The molecule has 0 aliphatic heterocycles. The Kier molecular flexibility index (Phi) is 11.1. The molecule has 0 unspecified atom stereocenters. The third-order valence-electron chi connectivity index (χ3n) is 5.64. The normalized spacial score (nSPS) is 12.8. The average Bonchev–Trinajstić information content (AvgIpc) is 2.78. The summed E-state index contributed by atoms with van der Waals surface area (Å²) in [5.74, 6) is 0.315. The van der Waals surface area contributed by atoms with Crippen LogP contribution in [-0.4, -0.2) is 47.6 Å². The summed E-state index contributed by atoms with van der Waals surface area (Å²) in [5, 5.41) is 9.02. The van der Waals surface area contributed by atoms with Crippen molar-refractivity contribution in [2.75, 3.05) is 25.0 Å². The van der Waals surface area contributed by atoms with Gasteiger partial charge in [0.05, 0.1) is 5.92 Å². The zero-order valence-corrected chi connectivity index (χ0v) is 22.4. The van der Waals surface area contributed by atoms with Gasteiger partial charge in [-0.3, -0.25) is 9.59 Å². The Hall–Kier alpha value is -3.06. The molecule has 190 valence electrons. The fourth-order valence-electron chi connectivity index (χ4n) is 4.15. The minimum atomic E-state index is -0.503. The SMILES string of the molecule is C/C(=N\N(C=O)C[n+]1ccccc1)[C@H](CN(CC(C)C)CC(C)C)C(=O)Nc1ccc(C)cc1C. The fraction of sp³-hybridized carbons (Fsp3) is 0.500. The second-order valence-corrected chi connectivity index (χ2v) is 10.2. The highest BCUT2D eigenvalue weighted by atomic mass is 16.2. The van der Waals surface area contributed by atoms with E-state index in [9.17, 15) is 9.59 Å². The Balaban J connectivity index is 2.34. The fourth-order valence-corrected chi connectivity index (χ4v) is 4.15. The van der Waals surface area contributed by atoms with Gasteiger partial charge < -0.3 is 10.2 Å². The van der Waals surface area contributed by atoms with Crippen molar-refractivity contribution in [1.82, 2.24) is 9.91 Å². The van der Waals surface area contributed by atoms with Gasteiger partial charge in [0.15, 0.2) is 12.4 Å². The van der Waals surface area contributed by atoms with Crippen molar-refractivity contribution in [3.05, 3.63) is 59.9 Å². The number of hydrazone groups is 1. The highest BCUT2D eigenvalue weighted by Gasteiger charge is 2.27. The Morgan fingerprint density at radius 2 is 1.66 bits per heavy atom. The zero-order valence-electron chi connectivity index (χ0n) is 22.4. The highest BCUT2D eigenvalue weighted by molar-refractivity contribution is 6.09. The van der Waals surface area contributed by atoms with E-state index in [2.05, 4.69) is 49.1 Å². The average molecular weight is 481 g/mol. The molecular formula is C28H42N5O2+. The molecule has 7 heteroatoms. The Labute approximate surface area is 210 Å². The molecule has 1 N–H and O–H groups in total. The zero-order chi connectivity index (χ0) is 26.0. The molecule has 7 nitrogen and oxygen atoms in total. The van der Waals surface area contributed by atoms with E-state index >= 15 is 0 Å².